The lowest BCUT2D eigenvalue weighted by atomic mass is 10.2. The largest absolute Gasteiger partial charge is 0.504 e. The van der Waals surface area contributed by atoms with E-state index in [1.807, 2.05) is 13.2 Å². The molecular weight excluding hydrogens is 238 g/mol. The van der Waals surface area contributed by atoms with E-state index in [9.17, 15) is 5.11 Å². The highest BCUT2D eigenvalue weighted by atomic mass is 32.2. The topological polar surface area (TPSA) is 80.2 Å². The van der Waals surface area contributed by atoms with Gasteiger partial charge in [0.15, 0.2) is 16.7 Å². The van der Waals surface area contributed by atoms with Crippen LogP contribution < -0.4 is 10.5 Å². The van der Waals surface area contributed by atoms with Gasteiger partial charge in [-0.25, -0.2) is 0 Å². The van der Waals surface area contributed by atoms with Gasteiger partial charge in [0.25, 0.3) is 0 Å². The zero-order valence-corrected chi connectivity index (χ0v) is 10.6. The monoisotopic (exact) mass is 253 g/mol. The average molecular weight is 253 g/mol. The van der Waals surface area contributed by atoms with Crippen molar-refractivity contribution in [1.82, 2.24) is 0 Å². The van der Waals surface area contributed by atoms with Gasteiger partial charge >= 0.3 is 0 Å². The Morgan fingerprint density at radius 2 is 2.35 bits per heavy atom. The van der Waals surface area contributed by atoms with Gasteiger partial charge in [-0.1, -0.05) is 17.8 Å². The number of hydrogen-bond donors (Lipinski definition) is 2. The molecule has 0 amide bonds. The number of benzene rings is 1. The molecule has 0 aliphatic heterocycles. The van der Waals surface area contributed by atoms with Gasteiger partial charge in [0.05, 0.1) is 12.8 Å². The summed E-state index contributed by atoms with van der Waals surface area (Å²) in [5.74, 6) is 0.481. The first kappa shape index (κ1) is 13.4. The van der Waals surface area contributed by atoms with Gasteiger partial charge in [-0.2, -0.15) is 5.10 Å². The van der Waals surface area contributed by atoms with Crippen LogP contribution in [-0.4, -0.2) is 29.4 Å². The van der Waals surface area contributed by atoms with Crippen LogP contribution in [0.25, 0.3) is 0 Å². The molecule has 92 valence electrons. The maximum absolute atomic E-state index is 9.84. The fourth-order valence-electron chi connectivity index (χ4n) is 1.10. The molecule has 0 bridgehead atoms. The quantitative estimate of drug-likeness (QED) is 0.487. The smallest absolute Gasteiger partial charge is 0.180 e. The molecule has 0 atom stereocenters. The summed E-state index contributed by atoms with van der Waals surface area (Å²) in [5, 5.41) is 17.7. The number of phenolic OH excluding ortho intramolecular Hbond substituents is 1. The summed E-state index contributed by atoms with van der Waals surface area (Å²) in [7, 11) is 0. The Labute approximate surface area is 104 Å². The van der Waals surface area contributed by atoms with E-state index in [-0.39, 0.29) is 5.75 Å². The summed E-state index contributed by atoms with van der Waals surface area (Å²) < 4.78 is 5.25. The average Bonchev–Trinajstić information content (AvgIpc) is 2.33. The van der Waals surface area contributed by atoms with Gasteiger partial charge in [0.1, 0.15) is 0 Å². The molecule has 0 spiro atoms. The molecular formula is C11H15N3O2S. The number of thioether (sulfide) groups is 1. The van der Waals surface area contributed by atoms with E-state index in [0.717, 1.165) is 0 Å². The Balaban J connectivity index is 2.88. The van der Waals surface area contributed by atoms with Crippen LogP contribution in [0.1, 0.15) is 12.5 Å². The van der Waals surface area contributed by atoms with Crippen molar-refractivity contribution in [2.75, 3.05) is 12.9 Å². The summed E-state index contributed by atoms with van der Waals surface area (Å²) in [4.78, 5) is 0. The Morgan fingerprint density at radius 3 is 3.00 bits per heavy atom. The molecule has 3 N–H and O–H groups in total. The zero-order valence-electron chi connectivity index (χ0n) is 9.75. The van der Waals surface area contributed by atoms with E-state index in [0.29, 0.717) is 23.1 Å². The molecule has 17 heavy (non-hydrogen) atoms. The molecule has 1 rings (SSSR count). The van der Waals surface area contributed by atoms with Crippen LogP contribution in [0, 0.1) is 0 Å². The standard InChI is InChI=1S/C11H15N3O2S/c1-3-16-9-6-4-5-8(10(9)15)7-13-14-11(12)17-2/h4-7,15H,3H2,1-2H3,(H2,12,14)/b13-7-. The maximum atomic E-state index is 9.84. The van der Waals surface area contributed by atoms with Gasteiger partial charge in [-0.05, 0) is 25.3 Å². The zero-order chi connectivity index (χ0) is 12.7. The fourth-order valence-corrected chi connectivity index (χ4v) is 1.23. The Kier molecular flexibility index (Phi) is 5.35. The molecule has 5 nitrogen and oxygen atoms in total. The number of hydrogen-bond acceptors (Lipinski definition) is 5. The minimum absolute atomic E-state index is 0.0519. The summed E-state index contributed by atoms with van der Waals surface area (Å²) in [5.41, 5.74) is 6.00. The summed E-state index contributed by atoms with van der Waals surface area (Å²) in [6.07, 6.45) is 3.24. The third kappa shape index (κ3) is 3.99. The summed E-state index contributed by atoms with van der Waals surface area (Å²) in [6.45, 7) is 2.34. The van der Waals surface area contributed by atoms with Crippen molar-refractivity contribution in [3.8, 4) is 11.5 Å². The lowest BCUT2D eigenvalue weighted by Gasteiger charge is -2.06. The van der Waals surface area contributed by atoms with Gasteiger partial charge in [-0.15, -0.1) is 5.10 Å². The van der Waals surface area contributed by atoms with E-state index in [1.54, 1.807) is 18.2 Å². The van der Waals surface area contributed by atoms with Crippen LogP contribution in [-0.2, 0) is 0 Å². The van der Waals surface area contributed by atoms with E-state index in [1.165, 1.54) is 18.0 Å². The second kappa shape index (κ2) is 6.80. The molecule has 0 radical (unpaired) electrons. The second-order valence-corrected chi connectivity index (χ2v) is 3.84. The summed E-state index contributed by atoms with van der Waals surface area (Å²) >= 11 is 1.30. The van der Waals surface area contributed by atoms with E-state index in [2.05, 4.69) is 10.2 Å². The molecule has 0 aliphatic rings. The van der Waals surface area contributed by atoms with Gasteiger partial charge in [0, 0.05) is 5.56 Å². The predicted octanol–water partition coefficient (Wildman–Crippen LogP) is 1.80. The highest BCUT2D eigenvalue weighted by molar-refractivity contribution is 8.13. The fraction of sp³-hybridized carbons (Fsp3) is 0.273. The van der Waals surface area contributed by atoms with E-state index < -0.39 is 0 Å². The first-order valence-electron chi connectivity index (χ1n) is 5.04. The lowest BCUT2D eigenvalue weighted by Crippen LogP contribution is -2.03. The Morgan fingerprint density at radius 1 is 1.59 bits per heavy atom. The van der Waals surface area contributed by atoms with Gasteiger partial charge < -0.3 is 15.6 Å². The minimum Gasteiger partial charge on any atom is -0.504 e. The van der Waals surface area contributed by atoms with Crippen LogP contribution in [0.3, 0.4) is 0 Å². The normalized spacial score (nSPS) is 12.0. The van der Waals surface area contributed by atoms with Crippen molar-refractivity contribution in [2.24, 2.45) is 15.9 Å². The maximum Gasteiger partial charge on any atom is 0.180 e. The second-order valence-electron chi connectivity index (χ2n) is 3.01. The predicted molar refractivity (Wildman–Crippen MR) is 72.0 cm³/mol. The van der Waals surface area contributed by atoms with Gasteiger partial charge in [-0.3, -0.25) is 0 Å². The molecule has 0 saturated heterocycles. The van der Waals surface area contributed by atoms with Crippen molar-refractivity contribution in [3.05, 3.63) is 23.8 Å². The highest BCUT2D eigenvalue weighted by Gasteiger charge is 2.05. The van der Waals surface area contributed by atoms with Crippen molar-refractivity contribution < 1.29 is 9.84 Å². The molecule has 0 unspecified atom stereocenters. The first-order valence-corrected chi connectivity index (χ1v) is 6.26. The Hall–Kier alpha value is -1.69. The molecule has 0 fully saturated rings. The van der Waals surface area contributed by atoms with Crippen LogP contribution in [0.5, 0.6) is 11.5 Å². The molecule has 0 heterocycles. The highest BCUT2D eigenvalue weighted by Crippen LogP contribution is 2.28. The van der Waals surface area contributed by atoms with Crippen LogP contribution in [0.4, 0.5) is 0 Å². The molecule has 0 saturated carbocycles. The van der Waals surface area contributed by atoms with Crippen molar-refractivity contribution in [3.63, 3.8) is 0 Å². The SMILES string of the molecule is CCOc1cccc(/C=N\N=C(/N)SC)c1O. The molecule has 0 aromatic heterocycles. The van der Waals surface area contributed by atoms with Gasteiger partial charge in [0.2, 0.25) is 0 Å². The number of rotatable bonds is 4. The lowest BCUT2D eigenvalue weighted by molar-refractivity contribution is 0.318. The van der Waals surface area contributed by atoms with E-state index >= 15 is 0 Å². The van der Waals surface area contributed by atoms with E-state index in [4.69, 9.17) is 10.5 Å². The van der Waals surface area contributed by atoms with Crippen LogP contribution in [0.2, 0.25) is 0 Å². The number of aromatic hydroxyl groups is 1. The summed E-state index contributed by atoms with van der Waals surface area (Å²) in [6, 6.07) is 5.18. The van der Waals surface area contributed by atoms with Crippen molar-refractivity contribution >= 4 is 23.1 Å². The van der Waals surface area contributed by atoms with Crippen molar-refractivity contribution in [1.29, 1.82) is 0 Å². The number of nitrogens with two attached hydrogens (primary N) is 1. The first-order chi connectivity index (χ1) is 8.19. The third-order valence-corrected chi connectivity index (χ3v) is 2.39. The number of ether oxygens (including phenoxy) is 1. The minimum atomic E-state index is 0.0519. The Bertz CT molecular complexity index is 433. The van der Waals surface area contributed by atoms with Crippen molar-refractivity contribution in [2.45, 2.75) is 6.92 Å². The number of amidine groups is 1. The van der Waals surface area contributed by atoms with Crippen LogP contribution >= 0.6 is 11.8 Å². The molecule has 0 aliphatic carbocycles. The number of para-hydroxylation sites is 1. The van der Waals surface area contributed by atoms with Crippen LogP contribution in [0.15, 0.2) is 28.4 Å². The number of nitrogens with zero attached hydrogens (tertiary/aromatic N) is 2. The molecule has 1 aromatic rings. The molecule has 6 heteroatoms. The molecule has 1 aromatic carbocycles. The third-order valence-electron chi connectivity index (χ3n) is 1.89. The number of phenols is 1.